The van der Waals surface area contributed by atoms with E-state index in [0.717, 1.165) is 65.3 Å². The predicted molar refractivity (Wildman–Crippen MR) is 316 cm³/mol. The van der Waals surface area contributed by atoms with Crippen LogP contribution in [0.25, 0.3) is 44.5 Å². The van der Waals surface area contributed by atoms with Crippen LogP contribution >= 0.6 is 47.8 Å². The SMILES string of the molecule is Brc1ccccc1-c1ccccc1.CCCOB(OCCC)c1ccccc1-c1ccccc1.COc1ccccc1Br.Cc1cc(Br)c(O)c(-c2ccccc2-c2ccccc2)c1.[B]B([B])B([B])[B]. The fourth-order valence-corrected chi connectivity index (χ4v) is 8.25. The molecule has 8 radical (unpaired) electrons. The average Bonchev–Trinajstić information content (AvgIpc) is 3.39. The van der Waals surface area contributed by atoms with E-state index in [1.165, 1.54) is 22.3 Å². The first-order valence-electron chi connectivity index (χ1n) is 23.0. The Bertz CT molecular complexity index is 2710. The lowest BCUT2D eigenvalue weighted by Crippen LogP contribution is -2.38. The van der Waals surface area contributed by atoms with Gasteiger partial charge in [-0.1, -0.05) is 200 Å². The van der Waals surface area contributed by atoms with Crippen LogP contribution in [-0.4, -0.2) is 76.3 Å². The molecule has 344 valence electrons. The molecule has 0 aliphatic carbocycles. The maximum Gasteiger partial charge on any atom is 0.494 e. The predicted octanol–water partition coefficient (Wildman–Crippen LogP) is 14.0. The summed E-state index contributed by atoms with van der Waals surface area (Å²) in [4.78, 5) is 0. The average molecular weight is 1110 g/mol. The Hall–Kier alpha value is -4.83. The van der Waals surface area contributed by atoms with Crippen LogP contribution in [0.4, 0.5) is 0 Å². The highest BCUT2D eigenvalue weighted by atomic mass is 79.9. The van der Waals surface area contributed by atoms with Crippen LogP contribution in [0.3, 0.4) is 0 Å². The van der Waals surface area contributed by atoms with Crippen molar-refractivity contribution >= 4 is 104 Å². The first kappa shape index (κ1) is 57.8. The summed E-state index contributed by atoms with van der Waals surface area (Å²) >= 11 is 10.3. The van der Waals surface area contributed by atoms with Crippen molar-refractivity contribution in [2.45, 2.75) is 33.6 Å². The number of para-hydroxylation sites is 1. The van der Waals surface area contributed by atoms with E-state index in [1.54, 1.807) is 7.11 Å². The third-order valence-electron chi connectivity index (χ3n) is 10.2. The number of aromatic hydroxyl groups is 1. The number of halogens is 3. The molecule has 4 nitrogen and oxygen atoms in total. The van der Waals surface area contributed by atoms with Crippen molar-refractivity contribution in [1.82, 2.24) is 0 Å². The van der Waals surface area contributed by atoms with E-state index >= 15 is 0 Å². The van der Waals surface area contributed by atoms with E-state index in [0.29, 0.717) is 13.2 Å². The van der Waals surface area contributed by atoms with Gasteiger partial charge in [0, 0.05) is 67.0 Å². The zero-order valence-electron chi connectivity index (χ0n) is 40.2. The quantitative estimate of drug-likeness (QED) is 0.117. The number of hydrogen-bond acceptors (Lipinski definition) is 4. The molecule has 70 heavy (non-hydrogen) atoms. The maximum atomic E-state index is 10.4. The summed E-state index contributed by atoms with van der Waals surface area (Å²) in [6, 6.07) is 67.3. The molecular formula is C56H54B7Br3O4. The molecule has 0 unspecified atom stereocenters. The summed E-state index contributed by atoms with van der Waals surface area (Å²) < 4.78 is 19.7. The van der Waals surface area contributed by atoms with Gasteiger partial charge >= 0.3 is 7.12 Å². The van der Waals surface area contributed by atoms with Crippen LogP contribution in [0.15, 0.2) is 214 Å². The summed E-state index contributed by atoms with van der Waals surface area (Å²) in [5.41, 5.74) is 11.2. The smallest absolute Gasteiger partial charge is 0.494 e. The van der Waals surface area contributed by atoms with Gasteiger partial charge in [-0.25, -0.2) is 0 Å². The van der Waals surface area contributed by atoms with Gasteiger partial charge in [0.25, 0.3) is 0 Å². The molecule has 0 bridgehead atoms. The van der Waals surface area contributed by atoms with E-state index in [9.17, 15) is 5.11 Å². The number of methoxy groups -OCH3 is 1. The molecule has 14 heteroatoms. The van der Waals surface area contributed by atoms with Crippen molar-refractivity contribution in [3.63, 3.8) is 0 Å². The minimum Gasteiger partial charge on any atom is -0.506 e. The first-order chi connectivity index (χ1) is 33.9. The molecule has 0 amide bonds. The minimum absolute atomic E-state index is 0.281. The number of phenolic OH excluding ortho intramolecular Hbond substituents is 1. The topological polar surface area (TPSA) is 47.9 Å². The highest BCUT2D eigenvalue weighted by molar-refractivity contribution is 9.11. The molecule has 0 atom stereocenters. The summed E-state index contributed by atoms with van der Waals surface area (Å²) in [5.74, 6) is 1.15. The van der Waals surface area contributed by atoms with Crippen molar-refractivity contribution in [3.8, 4) is 56.0 Å². The Morgan fingerprint density at radius 3 is 1.30 bits per heavy atom. The molecule has 0 aliphatic heterocycles. The second-order valence-electron chi connectivity index (χ2n) is 15.7. The first-order valence-corrected chi connectivity index (χ1v) is 25.4. The van der Waals surface area contributed by atoms with Gasteiger partial charge in [0.15, 0.2) is 0 Å². The third kappa shape index (κ3) is 19.1. The Morgan fingerprint density at radius 2 is 0.843 bits per heavy atom. The number of phenols is 1. The zero-order chi connectivity index (χ0) is 50.7. The molecule has 8 aromatic rings. The number of ether oxygens (including phenoxy) is 1. The van der Waals surface area contributed by atoms with Crippen LogP contribution in [-0.2, 0) is 9.31 Å². The maximum absolute atomic E-state index is 10.4. The molecule has 0 saturated carbocycles. The normalized spacial score (nSPS) is 9.99. The molecule has 8 aromatic carbocycles. The number of rotatable bonds is 13. The van der Waals surface area contributed by atoms with Gasteiger partial charge in [-0.15, -0.1) is 0 Å². The molecule has 0 aromatic heterocycles. The lowest BCUT2D eigenvalue weighted by Gasteiger charge is -2.17. The fraction of sp³-hybridized carbons (Fsp3) is 0.143. The van der Waals surface area contributed by atoms with Crippen molar-refractivity contribution in [2.24, 2.45) is 0 Å². The Balaban J connectivity index is 0.000000203. The Labute approximate surface area is 449 Å². The summed E-state index contributed by atoms with van der Waals surface area (Å²) in [6.45, 7) is 7.66. The highest BCUT2D eigenvalue weighted by Gasteiger charge is 2.24. The van der Waals surface area contributed by atoms with Gasteiger partial charge in [0.05, 0.1) is 16.1 Å². The molecule has 0 saturated heterocycles. The lowest BCUT2D eigenvalue weighted by molar-refractivity contribution is 0.207. The van der Waals surface area contributed by atoms with Crippen LogP contribution in [0.2, 0.25) is 0 Å². The van der Waals surface area contributed by atoms with Crippen molar-refractivity contribution in [1.29, 1.82) is 0 Å². The Morgan fingerprint density at radius 1 is 0.443 bits per heavy atom. The molecular weight excluding hydrogens is 1050 g/mol. The lowest BCUT2D eigenvalue weighted by atomic mass is 8.81. The Kier molecular flexibility index (Phi) is 26.6. The van der Waals surface area contributed by atoms with Gasteiger partial charge < -0.3 is 19.2 Å². The van der Waals surface area contributed by atoms with Gasteiger partial charge in [0.2, 0.25) is 0 Å². The molecule has 0 fully saturated rings. The van der Waals surface area contributed by atoms with Crippen molar-refractivity contribution in [3.05, 3.63) is 219 Å². The largest absolute Gasteiger partial charge is 0.506 e. The van der Waals surface area contributed by atoms with E-state index in [-0.39, 0.29) is 12.9 Å². The molecule has 8 rings (SSSR count). The summed E-state index contributed by atoms with van der Waals surface area (Å²) in [5, 5.41) is 10.4. The number of hydrogen-bond donors (Lipinski definition) is 1. The third-order valence-corrected chi connectivity index (χ3v) is 12.2. The zero-order valence-corrected chi connectivity index (χ0v) is 45.0. The van der Waals surface area contributed by atoms with E-state index in [2.05, 4.69) is 159 Å². The van der Waals surface area contributed by atoms with Gasteiger partial charge in [-0.3, -0.25) is 0 Å². The summed E-state index contributed by atoms with van der Waals surface area (Å²) in [7, 11) is 21.2. The van der Waals surface area contributed by atoms with Crippen molar-refractivity contribution < 1.29 is 19.2 Å². The second kappa shape index (κ2) is 32.2. The molecule has 0 spiro atoms. The van der Waals surface area contributed by atoms with E-state index in [1.807, 2.05) is 110 Å². The van der Waals surface area contributed by atoms with E-state index in [4.69, 9.17) is 45.0 Å². The summed E-state index contributed by atoms with van der Waals surface area (Å²) in [6.07, 6.45) is 0.786. The highest BCUT2D eigenvalue weighted by Crippen LogP contribution is 2.41. The van der Waals surface area contributed by atoms with Gasteiger partial charge in [-0.05, 0) is 132 Å². The molecule has 1 N–H and O–H groups in total. The van der Waals surface area contributed by atoms with Crippen molar-refractivity contribution in [2.75, 3.05) is 20.3 Å². The minimum atomic E-state index is -0.593. The second-order valence-corrected chi connectivity index (χ2v) is 18.3. The molecule has 0 heterocycles. The number of aryl methyl sites for hydroxylation is 1. The number of benzene rings is 8. The van der Waals surface area contributed by atoms with E-state index < -0.39 is 12.8 Å². The standard InChI is InChI=1S/C19H15BrO.C18H23BO2.C12H9Br.C7H7BrO.B6/c1-13-11-17(19(21)18(20)12-13)16-10-6-5-9-15(16)14-7-3-2-4-8-14;1-3-14-20-19(21-15-4-2)18-13-9-8-12-17(18)16-10-6-5-7-11-16;13-12-9-5-4-8-11(12)10-6-2-1-3-7-10;1-9-7-5-3-2-4-6(7)8;1-5(2)6(3)4/h2-12,21H,1H3;5-13H,3-4,14-15H2,1-2H3;1-9H;2-5H,1H3;. The monoisotopic (exact) mass is 1100 g/mol. The van der Waals surface area contributed by atoms with Crippen LogP contribution < -0.4 is 10.2 Å². The fourth-order valence-electron chi connectivity index (χ4n) is 6.71. The van der Waals surface area contributed by atoms with Gasteiger partial charge in [-0.2, -0.15) is 0 Å². The van der Waals surface area contributed by atoms with Gasteiger partial charge in [0.1, 0.15) is 11.5 Å². The van der Waals surface area contributed by atoms with Crippen LogP contribution in [0, 0.1) is 6.92 Å². The van der Waals surface area contributed by atoms with Crippen LogP contribution in [0.1, 0.15) is 32.3 Å². The van der Waals surface area contributed by atoms with Crippen LogP contribution in [0.5, 0.6) is 11.5 Å². The molecule has 0 aliphatic rings.